The maximum Gasteiger partial charge on any atom is 0.336 e. The summed E-state index contributed by atoms with van der Waals surface area (Å²) in [5.41, 5.74) is 1.92. The second-order valence-corrected chi connectivity index (χ2v) is 9.54. The van der Waals surface area contributed by atoms with Crippen molar-refractivity contribution >= 4 is 12.3 Å². The summed E-state index contributed by atoms with van der Waals surface area (Å²) in [6, 6.07) is 0.390. The van der Waals surface area contributed by atoms with Crippen molar-refractivity contribution in [2.75, 3.05) is 13.7 Å². The lowest BCUT2D eigenvalue weighted by Gasteiger charge is -2.42. The fourth-order valence-electron chi connectivity index (χ4n) is 5.17. The molecule has 1 atom stereocenters. The third-order valence-corrected chi connectivity index (χ3v) is 7.28. The topological polar surface area (TPSA) is 119 Å². The second kappa shape index (κ2) is 10.4. The summed E-state index contributed by atoms with van der Waals surface area (Å²) in [6.45, 7) is 8.70. The van der Waals surface area contributed by atoms with Crippen molar-refractivity contribution in [1.29, 1.82) is 0 Å². The third-order valence-electron chi connectivity index (χ3n) is 7.28. The van der Waals surface area contributed by atoms with Gasteiger partial charge in [-0.3, -0.25) is 9.88 Å². The summed E-state index contributed by atoms with van der Waals surface area (Å²) in [4.78, 5) is 37.3. The summed E-state index contributed by atoms with van der Waals surface area (Å²) < 4.78 is 6.63. The number of carbonyl (C=O) groups is 2. The Morgan fingerprint density at radius 1 is 1.31 bits per heavy atom. The number of nitrogens with zero attached hydrogens (tertiary/aromatic N) is 8. The van der Waals surface area contributed by atoms with Gasteiger partial charge in [0.05, 0.1) is 29.4 Å². The average Bonchev–Trinajstić information content (AvgIpc) is 3.52. The van der Waals surface area contributed by atoms with Crippen molar-refractivity contribution in [2.45, 2.75) is 64.6 Å². The average molecular weight is 481 g/mol. The largest absolute Gasteiger partial charge is 0.456 e. The molecular weight excluding hydrogens is 448 g/mol. The lowest BCUT2D eigenvalue weighted by Crippen LogP contribution is -2.42. The van der Waals surface area contributed by atoms with Gasteiger partial charge < -0.3 is 14.4 Å². The minimum absolute atomic E-state index is 0.0282. The Kier molecular flexibility index (Phi) is 7.34. The standard InChI is InChI=1S/C24H32N8O3/c1-5-31(21-14-35-23(34)18(21)3)17(2)10-24(15-33)8-6-20(7-9-24)30(4)13-19-11-26-22(12-25-19)32-16-27-28-29-32/h5,11-12,15-17,20H,1,6-10,13-14H2,2-4H3/t17-,20-,24+/m0/s1. The minimum atomic E-state index is -0.386. The van der Waals surface area contributed by atoms with Crippen LogP contribution in [0.3, 0.4) is 0 Å². The Hall–Kier alpha value is -3.47. The fourth-order valence-corrected chi connectivity index (χ4v) is 5.17. The van der Waals surface area contributed by atoms with Gasteiger partial charge in [0.2, 0.25) is 0 Å². The van der Waals surface area contributed by atoms with Crippen molar-refractivity contribution in [1.82, 2.24) is 40.0 Å². The van der Waals surface area contributed by atoms with E-state index in [2.05, 4.69) is 50.9 Å². The molecule has 3 heterocycles. The highest BCUT2D eigenvalue weighted by molar-refractivity contribution is 5.90. The zero-order valence-electron chi connectivity index (χ0n) is 20.5. The molecule has 35 heavy (non-hydrogen) atoms. The predicted molar refractivity (Wildman–Crippen MR) is 127 cm³/mol. The zero-order valence-corrected chi connectivity index (χ0v) is 20.5. The summed E-state index contributed by atoms with van der Waals surface area (Å²) in [6.07, 6.45) is 11.9. The van der Waals surface area contributed by atoms with E-state index in [1.807, 2.05) is 4.90 Å². The third kappa shape index (κ3) is 5.29. The number of esters is 1. The number of rotatable bonds is 10. The van der Waals surface area contributed by atoms with Gasteiger partial charge in [0.15, 0.2) is 5.82 Å². The lowest BCUT2D eigenvalue weighted by molar-refractivity contribution is -0.136. The normalized spacial score (nSPS) is 23.3. The highest BCUT2D eigenvalue weighted by Gasteiger charge is 2.39. The van der Waals surface area contributed by atoms with Crippen LogP contribution in [0.15, 0.2) is 42.8 Å². The van der Waals surface area contributed by atoms with Crippen molar-refractivity contribution in [2.24, 2.45) is 5.41 Å². The predicted octanol–water partition coefficient (Wildman–Crippen LogP) is 2.07. The molecule has 1 fully saturated rings. The van der Waals surface area contributed by atoms with E-state index in [9.17, 15) is 9.59 Å². The minimum Gasteiger partial charge on any atom is -0.456 e. The molecule has 1 aliphatic carbocycles. The first-order valence-corrected chi connectivity index (χ1v) is 11.8. The Balaban J connectivity index is 1.34. The molecule has 2 aromatic rings. The number of hydrogen-bond donors (Lipinski definition) is 0. The first-order valence-electron chi connectivity index (χ1n) is 11.8. The van der Waals surface area contributed by atoms with Crippen LogP contribution in [-0.4, -0.2) is 78.0 Å². The molecule has 2 aromatic heterocycles. The van der Waals surface area contributed by atoms with Crippen LogP contribution in [0.2, 0.25) is 0 Å². The highest BCUT2D eigenvalue weighted by Crippen LogP contribution is 2.41. The highest BCUT2D eigenvalue weighted by atomic mass is 16.5. The van der Waals surface area contributed by atoms with E-state index in [4.69, 9.17) is 4.74 Å². The molecule has 2 aliphatic rings. The molecule has 4 rings (SSSR count). The van der Waals surface area contributed by atoms with E-state index in [0.717, 1.165) is 43.4 Å². The van der Waals surface area contributed by atoms with Crippen LogP contribution >= 0.6 is 0 Å². The number of cyclic esters (lactones) is 1. The number of tetrazole rings is 1. The molecule has 11 nitrogen and oxygen atoms in total. The zero-order chi connectivity index (χ0) is 25.0. The van der Waals surface area contributed by atoms with Gasteiger partial charge in [0.1, 0.15) is 19.2 Å². The number of aromatic nitrogens is 6. The first-order chi connectivity index (χ1) is 16.9. The van der Waals surface area contributed by atoms with Crippen LogP contribution in [0.25, 0.3) is 5.82 Å². The van der Waals surface area contributed by atoms with Gasteiger partial charge in [-0.2, -0.15) is 4.68 Å². The van der Waals surface area contributed by atoms with Crippen molar-refractivity contribution in [3.8, 4) is 5.82 Å². The number of ether oxygens (including phenoxy) is 1. The SMILES string of the molecule is C=CN(C1=C(C)C(=O)OC1)[C@@H](C)C[C@]1(C=O)CC[C@@H](N(C)Cc2cnc(-n3cnnn3)cn2)CC1. The number of carbonyl (C=O) groups excluding carboxylic acids is 2. The molecule has 0 aromatic carbocycles. The number of hydrogen-bond acceptors (Lipinski definition) is 10. The number of aldehydes is 1. The maximum atomic E-state index is 12.3. The molecular formula is C24H32N8O3. The summed E-state index contributed by atoms with van der Waals surface area (Å²) >= 11 is 0. The smallest absolute Gasteiger partial charge is 0.336 e. The van der Waals surface area contributed by atoms with Crippen molar-refractivity contribution < 1.29 is 14.3 Å². The Morgan fingerprint density at radius 3 is 2.63 bits per heavy atom. The molecule has 0 amide bonds. The van der Waals surface area contributed by atoms with E-state index >= 15 is 0 Å². The molecule has 11 heteroatoms. The van der Waals surface area contributed by atoms with Gasteiger partial charge in [-0.15, -0.1) is 5.10 Å². The molecule has 1 aliphatic heterocycles. The summed E-state index contributed by atoms with van der Waals surface area (Å²) in [7, 11) is 2.09. The summed E-state index contributed by atoms with van der Waals surface area (Å²) in [5.74, 6) is 0.277. The van der Waals surface area contributed by atoms with Crippen molar-refractivity contribution in [3.63, 3.8) is 0 Å². The quantitative estimate of drug-likeness (QED) is 0.369. The van der Waals surface area contributed by atoms with Crippen LogP contribution in [0.1, 0.15) is 51.6 Å². The molecule has 186 valence electrons. The van der Waals surface area contributed by atoms with Crippen LogP contribution in [0.5, 0.6) is 0 Å². The van der Waals surface area contributed by atoms with E-state index in [1.54, 1.807) is 25.5 Å². The Bertz CT molecular complexity index is 1070. The van der Waals surface area contributed by atoms with Gasteiger partial charge in [-0.05, 0) is 69.6 Å². The molecule has 1 saturated carbocycles. The van der Waals surface area contributed by atoms with Gasteiger partial charge in [-0.1, -0.05) is 6.58 Å². The van der Waals surface area contributed by atoms with Gasteiger partial charge in [0, 0.05) is 24.0 Å². The Morgan fingerprint density at radius 2 is 2.09 bits per heavy atom. The molecule has 0 radical (unpaired) electrons. The van der Waals surface area contributed by atoms with E-state index in [1.165, 1.54) is 11.0 Å². The second-order valence-electron chi connectivity index (χ2n) is 9.54. The van der Waals surface area contributed by atoms with Crippen molar-refractivity contribution in [3.05, 3.63) is 48.5 Å². The van der Waals surface area contributed by atoms with E-state index in [0.29, 0.717) is 30.4 Å². The maximum absolute atomic E-state index is 12.3. The molecule has 0 unspecified atom stereocenters. The molecule has 0 spiro atoms. The van der Waals surface area contributed by atoms with E-state index in [-0.39, 0.29) is 24.0 Å². The van der Waals surface area contributed by atoms with E-state index < -0.39 is 0 Å². The fraction of sp³-hybridized carbons (Fsp3) is 0.542. The Labute approximate surface area is 204 Å². The van der Waals surface area contributed by atoms with Crippen LogP contribution in [0.4, 0.5) is 0 Å². The van der Waals surface area contributed by atoms with Crippen LogP contribution in [0, 0.1) is 5.41 Å². The first kappa shape index (κ1) is 24.6. The lowest BCUT2D eigenvalue weighted by atomic mass is 9.69. The summed E-state index contributed by atoms with van der Waals surface area (Å²) in [5, 5.41) is 11.0. The molecule has 0 N–H and O–H groups in total. The molecule has 0 saturated heterocycles. The van der Waals surface area contributed by atoms with Gasteiger partial charge in [-0.25, -0.2) is 9.78 Å². The van der Waals surface area contributed by atoms with Gasteiger partial charge >= 0.3 is 5.97 Å². The van der Waals surface area contributed by atoms with Crippen LogP contribution in [-0.2, 0) is 20.9 Å². The van der Waals surface area contributed by atoms with Gasteiger partial charge in [0.25, 0.3) is 0 Å². The molecule has 0 bridgehead atoms. The van der Waals surface area contributed by atoms with Crippen LogP contribution < -0.4 is 0 Å². The monoisotopic (exact) mass is 480 g/mol.